The Bertz CT molecular complexity index is 460. The molecule has 0 aliphatic carbocycles. The highest BCUT2D eigenvalue weighted by Gasteiger charge is 2.33. The minimum atomic E-state index is -1.57. The number of carbonyl (C=O) groups is 2. The van der Waals surface area contributed by atoms with Crippen LogP contribution in [0.4, 0.5) is 0 Å². The predicted molar refractivity (Wildman–Crippen MR) is 61.2 cm³/mol. The van der Waals surface area contributed by atoms with E-state index in [2.05, 4.69) is 25.0 Å². The van der Waals surface area contributed by atoms with Gasteiger partial charge >= 0.3 is 0 Å². The van der Waals surface area contributed by atoms with E-state index in [0.29, 0.717) is 11.1 Å². The largest absolute Gasteiger partial charge is 0.288 e. The van der Waals surface area contributed by atoms with Crippen LogP contribution in [0.3, 0.4) is 0 Å². The highest BCUT2D eigenvalue weighted by atomic mass is 28.3. The van der Waals surface area contributed by atoms with Crippen LogP contribution in [-0.2, 0) is 0 Å². The Labute approximate surface area is 89.5 Å². The molecule has 1 heterocycles. The molecule has 0 atom stereocenters. The van der Waals surface area contributed by atoms with Crippen LogP contribution in [0.15, 0.2) is 18.2 Å². The van der Waals surface area contributed by atoms with Crippen LogP contribution in [0, 0.1) is 0 Å². The zero-order valence-electron chi connectivity index (χ0n) is 9.05. The van der Waals surface area contributed by atoms with Gasteiger partial charge in [-0.1, -0.05) is 31.8 Å². The highest BCUT2D eigenvalue weighted by Crippen LogP contribution is 2.16. The van der Waals surface area contributed by atoms with Gasteiger partial charge < -0.3 is 0 Å². The van der Waals surface area contributed by atoms with Crippen molar-refractivity contribution in [2.24, 2.45) is 0 Å². The quantitative estimate of drug-likeness (QED) is 0.568. The molecule has 1 N–H and O–H groups in total. The second kappa shape index (κ2) is 3.03. The molecule has 0 aromatic heterocycles. The number of benzene rings is 1. The summed E-state index contributed by atoms with van der Waals surface area (Å²) in [5.41, 5.74) is 1.13. The summed E-state index contributed by atoms with van der Waals surface area (Å²) in [7, 11) is -1.57. The first-order valence-corrected chi connectivity index (χ1v) is 8.40. The number of carbonyl (C=O) groups excluding carboxylic acids is 2. The third kappa shape index (κ3) is 1.50. The number of nitrogens with one attached hydrogen (secondary N) is 1. The fourth-order valence-electron chi connectivity index (χ4n) is 1.84. The van der Waals surface area contributed by atoms with Crippen molar-refractivity contribution in [1.29, 1.82) is 0 Å². The molecule has 0 fully saturated rings. The minimum Gasteiger partial charge on any atom is -0.288 e. The Morgan fingerprint density at radius 1 is 1.07 bits per heavy atom. The maximum atomic E-state index is 11.6. The van der Waals surface area contributed by atoms with Crippen LogP contribution in [0.5, 0.6) is 0 Å². The molecule has 15 heavy (non-hydrogen) atoms. The molecule has 4 heteroatoms. The zero-order valence-corrected chi connectivity index (χ0v) is 10.0. The van der Waals surface area contributed by atoms with Gasteiger partial charge in [0.25, 0.3) is 11.8 Å². The maximum absolute atomic E-state index is 11.6. The molecule has 2 rings (SSSR count). The summed E-state index contributed by atoms with van der Waals surface area (Å²) in [5.74, 6) is -0.511. The van der Waals surface area contributed by atoms with E-state index in [-0.39, 0.29) is 11.8 Å². The van der Waals surface area contributed by atoms with Crippen LogP contribution in [-0.4, -0.2) is 19.9 Å². The molecule has 0 spiro atoms. The van der Waals surface area contributed by atoms with Crippen molar-refractivity contribution >= 4 is 25.1 Å². The fraction of sp³-hybridized carbons (Fsp3) is 0.273. The molecule has 0 saturated carbocycles. The third-order valence-corrected chi connectivity index (χ3v) is 4.60. The van der Waals surface area contributed by atoms with Gasteiger partial charge in [0.05, 0.1) is 19.2 Å². The van der Waals surface area contributed by atoms with Crippen LogP contribution in [0.25, 0.3) is 0 Å². The van der Waals surface area contributed by atoms with E-state index in [1.54, 1.807) is 6.07 Å². The maximum Gasteiger partial charge on any atom is 0.258 e. The van der Waals surface area contributed by atoms with E-state index < -0.39 is 8.07 Å². The van der Waals surface area contributed by atoms with Crippen molar-refractivity contribution in [3.8, 4) is 0 Å². The summed E-state index contributed by atoms with van der Waals surface area (Å²) >= 11 is 0. The molecule has 3 nitrogen and oxygen atoms in total. The SMILES string of the molecule is C[Si](C)(C)c1cccc2c1C(=O)NC2=O. The molecule has 1 aliphatic rings. The first-order valence-electron chi connectivity index (χ1n) is 4.90. The highest BCUT2D eigenvalue weighted by molar-refractivity contribution is 6.89. The lowest BCUT2D eigenvalue weighted by Gasteiger charge is -2.18. The van der Waals surface area contributed by atoms with Crippen molar-refractivity contribution < 1.29 is 9.59 Å². The monoisotopic (exact) mass is 219 g/mol. The smallest absolute Gasteiger partial charge is 0.258 e. The van der Waals surface area contributed by atoms with Gasteiger partial charge in [0, 0.05) is 0 Å². The first-order chi connectivity index (χ1) is 6.91. The van der Waals surface area contributed by atoms with E-state index in [9.17, 15) is 9.59 Å². The fourth-order valence-corrected chi connectivity index (χ4v) is 3.44. The third-order valence-electron chi connectivity index (χ3n) is 2.57. The number of hydrogen-bond donors (Lipinski definition) is 1. The Balaban J connectivity index is 2.71. The summed E-state index contributed by atoms with van der Waals surface area (Å²) in [6.07, 6.45) is 0. The molecule has 1 aliphatic heterocycles. The number of fused-ring (bicyclic) bond motifs is 1. The first kappa shape index (κ1) is 10.1. The molecule has 0 radical (unpaired) electrons. The minimum absolute atomic E-state index is 0.243. The molecule has 2 amide bonds. The number of hydrogen-bond acceptors (Lipinski definition) is 2. The van der Waals surface area contributed by atoms with Crippen LogP contribution >= 0.6 is 0 Å². The summed E-state index contributed by atoms with van der Waals surface area (Å²) in [6, 6.07) is 5.52. The molecular weight excluding hydrogens is 206 g/mol. The Morgan fingerprint density at radius 2 is 1.73 bits per heavy atom. The van der Waals surface area contributed by atoms with Crippen molar-refractivity contribution in [3.63, 3.8) is 0 Å². The Kier molecular flexibility index (Phi) is 2.04. The molecule has 78 valence electrons. The second-order valence-electron chi connectivity index (χ2n) is 4.76. The average Bonchev–Trinajstić information content (AvgIpc) is 2.41. The average molecular weight is 219 g/mol. The van der Waals surface area contributed by atoms with Gasteiger partial charge in [0.1, 0.15) is 0 Å². The van der Waals surface area contributed by atoms with Gasteiger partial charge in [-0.2, -0.15) is 0 Å². The van der Waals surface area contributed by atoms with Crippen molar-refractivity contribution in [3.05, 3.63) is 29.3 Å². The van der Waals surface area contributed by atoms with Crippen molar-refractivity contribution in [2.45, 2.75) is 19.6 Å². The number of rotatable bonds is 1. The van der Waals surface area contributed by atoms with Crippen molar-refractivity contribution in [2.75, 3.05) is 0 Å². The van der Waals surface area contributed by atoms with Gasteiger partial charge in [-0.15, -0.1) is 0 Å². The lowest BCUT2D eigenvalue weighted by Crippen LogP contribution is -2.41. The normalized spacial score (nSPS) is 15.1. The van der Waals surface area contributed by atoms with Gasteiger partial charge in [0.15, 0.2) is 0 Å². The Hall–Kier alpha value is -1.42. The molecular formula is C11H13NO2Si. The molecule has 0 bridgehead atoms. The van der Waals surface area contributed by atoms with Crippen molar-refractivity contribution in [1.82, 2.24) is 5.32 Å². The topological polar surface area (TPSA) is 46.2 Å². The molecule has 0 unspecified atom stereocenters. The lowest BCUT2D eigenvalue weighted by atomic mass is 10.1. The van der Waals surface area contributed by atoms with E-state index in [1.807, 2.05) is 12.1 Å². The van der Waals surface area contributed by atoms with E-state index >= 15 is 0 Å². The van der Waals surface area contributed by atoms with E-state index in [1.165, 1.54) is 0 Å². The van der Waals surface area contributed by atoms with Gasteiger partial charge in [-0.25, -0.2) is 0 Å². The van der Waals surface area contributed by atoms with Crippen LogP contribution in [0.2, 0.25) is 19.6 Å². The number of amides is 2. The summed E-state index contributed by atoms with van der Waals surface area (Å²) in [5, 5.41) is 3.40. The standard InChI is InChI=1S/C11H13NO2Si/c1-15(2,3)8-6-4-5-7-9(8)11(14)12-10(7)13/h4-6H,1-3H3,(H,12,13,14). The predicted octanol–water partition coefficient (Wildman–Crippen LogP) is 1.12. The second-order valence-corrected chi connectivity index (χ2v) is 9.80. The summed E-state index contributed by atoms with van der Waals surface area (Å²) in [4.78, 5) is 23.1. The molecule has 1 aromatic carbocycles. The Morgan fingerprint density at radius 3 is 2.33 bits per heavy atom. The summed E-state index contributed by atoms with van der Waals surface area (Å²) in [6.45, 7) is 6.50. The van der Waals surface area contributed by atoms with Gasteiger partial charge in [-0.05, 0) is 11.3 Å². The van der Waals surface area contributed by atoms with E-state index in [0.717, 1.165) is 5.19 Å². The summed E-state index contributed by atoms with van der Waals surface area (Å²) < 4.78 is 0. The van der Waals surface area contributed by atoms with Crippen LogP contribution < -0.4 is 10.5 Å². The van der Waals surface area contributed by atoms with E-state index in [4.69, 9.17) is 0 Å². The molecule has 1 aromatic rings. The molecule has 0 saturated heterocycles. The zero-order chi connectivity index (χ0) is 11.2. The van der Waals surface area contributed by atoms with Gasteiger partial charge in [0.2, 0.25) is 0 Å². The van der Waals surface area contributed by atoms with Gasteiger partial charge in [-0.3, -0.25) is 14.9 Å². The lowest BCUT2D eigenvalue weighted by molar-refractivity contribution is 0.0880. The van der Waals surface area contributed by atoms with Crippen LogP contribution in [0.1, 0.15) is 20.7 Å². The number of imide groups is 1.